The predicted octanol–water partition coefficient (Wildman–Crippen LogP) is 4.28. The van der Waals surface area contributed by atoms with Crippen LogP contribution in [-0.2, 0) is 16.1 Å². The predicted molar refractivity (Wildman–Crippen MR) is 133 cm³/mol. The number of rotatable bonds is 8. The first-order valence-electron chi connectivity index (χ1n) is 12.2. The van der Waals surface area contributed by atoms with Crippen molar-refractivity contribution < 1.29 is 9.53 Å². The Balaban J connectivity index is 1.40. The topological polar surface area (TPSA) is 72.3 Å². The summed E-state index contributed by atoms with van der Waals surface area (Å²) in [4.78, 5) is 15.1. The molecule has 2 unspecified atom stereocenters. The summed E-state index contributed by atoms with van der Waals surface area (Å²) in [5.74, 6) is 2.00. The Morgan fingerprint density at radius 1 is 1.21 bits per heavy atom. The fraction of sp³-hybridized carbons (Fsp3) is 0.640. The van der Waals surface area contributed by atoms with Crippen LogP contribution in [-0.4, -0.2) is 52.2 Å². The van der Waals surface area contributed by atoms with E-state index in [1.54, 1.807) is 0 Å². The molecule has 180 valence electrons. The van der Waals surface area contributed by atoms with Crippen LogP contribution in [0.1, 0.15) is 62.3 Å². The third-order valence-electron chi connectivity index (χ3n) is 6.91. The van der Waals surface area contributed by atoms with Crippen LogP contribution >= 0.6 is 11.8 Å². The van der Waals surface area contributed by atoms with E-state index in [9.17, 15) is 4.79 Å². The zero-order valence-electron chi connectivity index (χ0n) is 20.3. The molecule has 1 amide bonds. The van der Waals surface area contributed by atoms with Crippen LogP contribution in [0.3, 0.4) is 0 Å². The second-order valence-corrected chi connectivity index (χ2v) is 10.6. The monoisotopic (exact) mass is 471 g/mol. The van der Waals surface area contributed by atoms with Crippen LogP contribution < -0.4 is 10.2 Å². The highest BCUT2D eigenvalue weighted by Gasteiger charge is 2.26. The zero-order valence-corrected chi connectivity index (χ0v) is 21.2. The normalized spacial score (nSPS) is 20.2. The van der Waals surface area contributed by atoms with E-state index in [1.807, 2.05) is 6.92 Å². The molecule has 1 aromatic carbocycles. The van der Waals surface area contributed by atoms with Gasteiger partial charge in [-0.1, -0.05) is 36.9 Å². The van der Waals surface area contributed by atoms with E-state index in [-0.39, 0.29) is 18.1 Å². The molecule has 2 fully saturated rings. The lowest BCUT2D eigenvalue weighted by molar-refractivity contribution is -0.119. The number of aryl methyl sites for hydroxylation is 2. The lowest BCUT2D eigenvalue weighted by Gasteiger charge is -2.31. The molecule has 0 aliphatic carbocycles. The highest BCUT2D eigenvalue weighted by molar-refractivity contribution is 7.99. The number of benzene rings is 1. The van der Waals surface area contributed by atoms with E-state index in [4.69, 9.17) is 4.74 Å². The summed E-state index contributed by atoms with van der Waals surface area (Å²) in [5, 5.41) is 13.0. The van der Waals surface area contributed by atoms with E-state index in [0.29, 0.717) is 5.75 Å². The number of amides is 1. The van der Waals surface area contributed by atoms with E-state index < -0.39 is 0 Å². The number of thioether (sulfide) groups is 1. The molecule has 1 aromatic heterocycles. The van der Waals surface area contributed by atoms with Crippen LogP contribution in [0.4, 0.5) is 5.95 Å². The van der Waals surface area contributed by atoms with E-state index in [0.717, 1.165) is 61.7 Å². The Morgan fingerprint density at radius 3 is 2.70 bits per heavy atom. The average Bonchev–Trinajstić information content (AvgIpc) is 3.45. The van der Waals surface area contributed by atoms with E-state index in [2.05, 4.69) is 64.0 Å². The number of piperidine rings is 1. The number of hydrogen-bond acceptors (Lipinski definition) is 6. The molecule has 4 rings (SSSR count). The molecule has 1 N–H and O–H groups in total. The smallest absolute Gasteiger partial charge is 0.230 e. The maximum atomic E-state index is 12.7. The highest BCUT2D eigenvalue weighted by Crippen LogP contribution is 2.28. The number of hydrogen-bond donors (Lipinski definition) is 1. The van der Waals surface area contributed by atoms with Gasteiger partial charge >= 0.3 is 0 Å². The molecule has 0 bridgehead atoms. The van der Waals surface area contributed by atoms with Crippen molar-refractivity contribution in [1.29, 1.82) is 0 Å². The fourth-order valence-corrected chi connectivity index (χ4v) is 5.27. The van der Waals surface area contributed by atoms with Crippen molar-refractivity contribution in [3.63, 3.8) is 0 Å². The minimum Gasteiger partial charge on any atom is -0.376 e. The number of carbonyl (C=O) groups is 1. The first-order chi connectivity index (χ1) is 15.9. The number of nitrogens with zero attached hydrogens (tertiary/aromatic N) is 4. The van der Waals surface area contributed by atoms with Crippen molar-refractivity contribution in [2.75, 3.05) is 30.3 Å². The molecule has 2 atom stereocenters. The van der Waals surface area contributed by atoms with Gasteiger partial charge in [0, 0.05) is 19.7 Å². The molecule has 0 spiro atoms. The van der Waals surface area contributed by atoms with Gasteiger partial charge in [0.15, 0.2) is 5.16 Å². The van der Waals surface area contributed by atoms with Crippen LogP contribution in [0.2, 0.25) is 0 Å². The third kappa shape index (κ3) is 6.09. The lowest BCUT2D eigenvalue weighted by Crippen LogP contribution is -2.35. The average molecular weight is 472 g/mol. The number of ether oxygens (including phenoxy) is 1. The van der Waals surface area contributed by atoms with Gasteiger partial charge in [0.25, 0.3) is 0 Å². The summed E-state index contributed by atoms with van der Waals surface area (Å²) in [5.41, 5.74) is 3.63. The second kappa shape index (κ2) is 10.9. The van der Waals surface area contributed by atoms with Crippen molar-refractivity contribution in [2.45, 2.75) is 77.2 Å². The van der Waals surface area contributed by atoms with Crippen molar-refractivity contribution in [3.8, 4) is 0 Å². The Labute approximate surface area is 201 Å². The molecule has 2 aromatic rings. The van der Waals surface area contributed by atoms with Gasteiger partial charge in [-0.15, -0.1) is 10.2 Å². The van der Waals surface area contributed by atoms with E-state index in [1.165, 1.54) is 35.7 Å². The van der Waals surface area contributed by atoms with Crippen molar-refractivity contribution >= 4 is 23.6 Å². The molecule has 8 heteroatoms. The molecule has 2 aliphatic rings. The van der Waals surface area contributed by atoms with Gasteiger partial charge in [-0.2, -0.15) is 0 Å². The van der Waals surface area contributed by atoms with Crippen molar-refractivity contribution in [3.05, 3.63) is 34.9 Å². The summed E-state index contributed by atoms with van der Waals surface area (Å²) in [6, 6.07) is 6.31. The Morgan fingerprint density at radius 2 is 2.00 bits per heavy atom. The van der Waals surface area contributed by atoms with Crippen LogP contribution in [0.5, 0.6) is 0 Å². The van der Waals surface area contributed by atoms with Gasteiger partial charge in [-0.25, -0.2) is 0 Å². The Kier molecular flexibility index (Phi) is 7.96. The summed E-state index contributed by atoms with van der Waals surface area (Å²) < 4.78 is 8.08. The Bertz CT molecular complexity index is 948. The standard InChI is InChI=1S/C25H37N5O2S/c1-17-9-11-29(12-10-17)24-27-28-25(30(24)15-22-6-5-13-32-22)33-16-23(31)26-20(4)21-8-7-18(2)19(3)14-21/h7-8,14,17,20,22H,5-6,9-13,15-16H2,1-4H3,(H,26,31). The van der Waals surface area contributed by atoms with Crippen molar-refractivity contribution in [1.82, 2.24) is 20.1 Å². The molecule has 3 heterocycles. The maximum Gasteiger partial charge on any atom is 0.230 e. The van der Waals surface area contributed by atoms with Gasteiger partial charge in [0.2, 0.25) is 11.9 Å². The van der Waals surface area contributed by atoms with Gasteiger partial charge in [-0.05, 0) is 69.1 Å². The first-order valence-corrected chi connectivity index (χ1v) is 13.2. The van der Waals surface area contributed by atoms with Gasteiger partial charge in [-0.3, -0.25) is 9.36 Å². The largest absolute Gasteiger partial charge is 0.376 e. The number of carbonyl (C=O) groups excluding carboxylic acids is 1. The molecular weight excluding hydrogens is 434 g/mol. The summed E-state index contributed by atoms with van der Waals surface area (Å²) in [7, 11) is 0. The fourth-order valence-electron chi connectivity index (χ4n) is 4.51. The number of aromatic nitrogens is 3. The van der Waals surface area contributed by atoms with Crippen LogP contribution in [0, 0.1) is 19.8 Å². The minimum absolute atomic E-state index is 0.00532. The van der Waals surface area contributed by atoms with Gasteiger partial charge in [0.05, 0.1) is 24.4 Å². The molecule has 0 radical (unpaired) electrons. The molecule has 0 saturated carbocycles. The number of anilines is 1. The minimum atomic E-state index is -0.0342. The zero-order chi connectivity index (χ0) is 23.4. The first kappa shape index (κ1) is 24.1. The van der Waals surface area contributed by atoms with E-state index >= 15 is 0 Å². The molecule has 7 nitrogen and oxygen atoms in total. The summed E-state index contributed by atoms with van der Waals surface area (Å²) in [6.07, 6.45) is 4.71. The molecule has 33 heavy (non-hydrogen) atoms. The van der Waals surface area contributed by atoms with Crippen molar-refractivity contribution in [2.24, 2.45) is 5.92 Å². The third-order valence-corrected chi connectivity index (χ3v) is 7.88. The van der Waals surface area contributed by atoms with Crippen LogP contribution in [0.25, 0.3) is 0 Å². The molecule has 2 aliphatic heterocycles. The summed E-state index contributed by atoms with van der Waals surface area (Å²) >= 11 is 1.46. The highest BCUT2D eigenvalue weighted by atomic mass is 32.2. The molecule has 2 saturated heterocycles. The Hall–Kier alpha value is -2.06. The van der Waals surface area contributed by atoms with Crippen LogP contribution in [0.15, 0.2) is 23.4 Å². The number of nitrogens with one attached hydrogen (secondary N) is 1. The molecular formula is C25H37N5O2S. The van der Waals surface area contributed by atoms with Gasteiger partial charge in [0.1, 0.15) is 0 Å². The lowest BCUT2D eigenvalue weighted by atomic mass is 10.00. The van der Waals surface area contributed by atoms with Gasteiger partial charge < -0.3 is 15.0 Å². The quantitative estimate of drug-likeness (QED) is 0.580. The summed E-state index contributed by atoms with van der Waals surface area (Å²) in [6.45, 7) is 12.1. The maximum absolute atomic E-state index is 12.7. The SMILES string of the molecule is Cc1ccc(C(C)NC(=O)CSc2nnc(N3CCC(C)CC3)n2CC2CCCO2)cc1C. The second-order valence-electron chi connectivity index (χ2n) is 9.62.